The molecular weight excluding hydrogens is 342 g/mol. The first kappa shape index (κ1) is 15.0. The highest BCUT2D eigenvalue weighted by Gasteiger charge is 2.19. The molecule has 1 unspecified atom stereocenters. The van der Waals surface area contributed by atoms with Crippen LogP contribution in [0.2, 0.25) is 5.02 Å². The summed E-state index contributed by atoms with van der Waals surface area (Å²) < 4.78 is 1.17. The van der Waals surface area contributed by atoms with E-state index < -0.39 is 0 Å². The average molecular weight is 359 g/mol. The zero-order valence-corrected chi connectivity index (χ0v) is 14.4. The zero-order chi connectivity index (χ0) is 14.0. The third-order valence-corrected chi connectivity index (χ3v) is 5.24. The molecule has 1 aromatic heterocycles. The maximum absolute atomic E-state index is 6.26. The van der Waals surface area contributed by atoms with E-state index in [1.54, 1.807) is 11.3 Å². The summed E-state index contributed by atoms with van der Waals surface area (Å²) in [4.78, 5) is 1.33. The second kappa shape index (κ2) is 6.40. The van der Waals surface area contributed by atoms with Crippen LogP contribution in [0.4, 0.5) is 0 Å². The first-order valence-corrected chi connectivity index (χ1v) is 8.27. The second-order valence-corrected chi connectivity index (χ2v) is 7.55. The molecule has 0 aliphatic heterocycles. The number of halogens is 2. The summed E-state index contributed by atoms with van der Waals surface area (Å²) in [7, 11) is 0. The summed E-state index contributed by atoms with van der Waals surface area (Å²) >= 11 is 11.6. The van der Waals surface area contributed by atoms with Gasteiger partial charge in [-0.1, -0.05) is 30.7 Å². The number of benzene rings is 1. The molecule has 1 heterocycles. The molecule has 1 aromatic carbocycles. The van der Waals surface area contributed by atoms with Crippen LogP contribution in [-0.2, 0) is 0 Å². The van der Waals surface area contributed by atoms with Gasteiger partial charge in [-0.3, -0.25) is 0 Å². The number of nitrogens with one attached hydrogen (secondary N) is 1. The van der Waals surface area contributed by atoms with Crippen molar-refractivity contribution in [2.75, 3.05) is 6.54 Å². The summed E-state index contributed by atoms with van der Waals surface area (Å²) in [6.45, 7) is 7.29. The van der Waals surface area contributed by atoms with Gasteiger partial charge in [-0.05, 0) is 65.1 Å². The van der Waals surface area contributed by atoms with Gasteiger partial charge >= 0.3 is 0 Å². The molecule has 0 bridgehead atoms. The molecule has 2 rings (SSSR count). The molecule has 0 radical (unpaired) electrons. The van der Waals surface area contributed by atoms with Gasteiger partial charge in [0.1, 0.15) is 0 Å². The first-order chi connectivity index (χ1) is 9.04. The Bertz CT molecular complexity index is 580. The van der Waals surface area contributed by atoms with Gasteiger partial charge < -0.3 is 5.32 Å². The highest BCUT2D eigenvalue weighted by molar-refractivity contribution is 9.11. The monoisotopic (exact) mass is 357 g/mol. The Labute approximate surface area is 132 Å². The highest BCUT2D eigenvalue weighted by Crippen LogP contribution is 2.35. The van der Waals surface area contributed by atoms with Crippen molar-refractivity contribution in [3.8, 4) is 0 Å². The average Bonchev–Trinajstić information content (AvgIpc) is 2.69. The fraction of sp³-hybridized carbons (Fsp3) is 0.333. The van der Waals surface area contributed by atoms with Gasteiger partial charge in [0.2, 0.25) is 0 Å². The summed E-state index contributed by atoms with van der Waals surface area (Å²) in [6.07, 6.45) is 0. The summed E-state index contributed by atoms with van der Waals surface area (Å²) in [5.41, 5.74) is 3.73. The smallest absolute Gasteiger partial charge is 0.0704 e. The summed E-state index contributed by atoms with van der Waals surface area (Å²) in [5.74, 6) is 0. The fourth-order valence-electron chi connectivity index (χ4n) is 2.27. The maximum atomic E-state index is 6.26. The van der Waals surface area contributed by atoms with Crippen molar-refractivity contribution < 1.29 is 0 Å². The Morgan fingerprint density at radius 3 is 2.63 bits per heavy atom. The molecule has 0 spiro atoms. The Morgan fingerprint density at radius 2 is 2.05 bits per heavy atom. The van der Waals surface area contributed by atoms with Gasteiger partial charge in [0.25, 0.3) is 0 Å². The predicted molar refractivity (Wildman–Crippen MR) is 88.5 cm³/mol. The van der Waals surface area contributed by atoms with Crippen molar-refractivity contribution in [3.05, 3.63) is 54.6 Å². The number of hydrogen-bond acceptors (Lipinski definition) is 2. The van der Waals surface area contributed by atoms with Gasteiger partial charge in [-0.2, -0.15) is 0 Å². The Kier molecular flexibility index (Phi) is 5.07. The lowest BCUT2D eigenvalue weighted by atomic mass is 9.95. The minimum absolute atomic E-state index is 0.200. The van der Waals surface area contributed by atoms with Crippen LogP contribution in [0.1, 0.15) is 34.5 Å². The van der Waals surface area contributed by atoms with Crippen LogP contribution in [0.25, 0.3) is 0 Å². The number of hydrogen-bond donors (Lipinski definition) is 1. The van der Waals surface area contributed by atoms with Crippen molar-refractivity contribution in [2.45, 2.75) is 26.8 Å². The molecule has 0 saturated carbocycles. The summed E-state index contributed by atoms with van der Waals surface area (Å²) in [6, 6.07) is 8.52. The van der Waals surface area contributed by atoms with E-state index in [0.717, 1.165) is 17.1 Å². The third kappa shape index (κ3) is 3.22. The molecular formula is C15H17BrClNS. The Hall–Kier alpha value is -0.350. The Morgan fingerprint density at radius 1 is 1.32 bits per heavy atom. The maximum Gasteiger partial charge on any atom is 0.0704 e. The standard InChI is InChI=1S/C15H17BrClNS/c1-4-18-15(12-8-14(16)19-10(12)3)11-6-5-7-13(17)9(11)2/h5-8,15,18H,4H2,1-3H3. The van der Waals surface area contributed by atoms with Gasteiger partial charge in [0.05, 0.1) is 9.83 Å². The lowest BCUT2D eigenvalue weighted by molar-refractivity contribution is 0.627. The van der Waals surface area contributed by atoms with E-state index >= 15 is 0 Å². The quantitative estimate of drug-likeness (QED) is 0.763. The van der Waals surface area contributed by atoms with Crippen LogP contribution in [0, 0.1) is 13.8 Å². The van der Waals surface area contributed by atoms with Crippen LogP contribution in [0.3, 0.4) is 0 Å². The van der Waals surface area contributed by atoms with Crippen molar-refractivity contribution >= 4 is 38.9 Å². The minimum atomic E-state index is 0.200. The van der Waals surface area contributed by atoms with Gasteiger partial charge in [0.15, 0.2) is 0 Å². The molecule has 102 valence electrons. The van der Waals surface area contributed by atoms with E-state index in [0.29, 0.717) is 0 Å². The van der Waals surface area contributed by atoms with Crippen LogP contribution in [0.5, 0.6) is 0 Å². The minimum Gasteiger partial charge on any atom is -0.306 e. The third-order valence-electron chi connectivity index (χ3n) is 3.27. The molecule has 4 heteroatoms. The molecule has 1 nitrogen and oxygen atoms in total. The van der Waals surface area contributed by atoms with Crippen LogP contribution in [-0.4, -0.2) is 6.54 Å². The molecule has 0 fully saturated rings. The molecule has 1 atom stereocenters. The van der Waals surface area contributed by atoms with Crippen LogP contribution >= 0.6 is 38.9 Å². The number of aryl methyl sites for hydroxylation is 1. The van der Waals surface area contributed by atoms with Crippen molar-refractivity contribution in [1.29, 1.82) is 0 Å². The van der Waals surface area contributed by atoms with E-state index in [-0.39, 0.29) is 6.04 Å². The molecule has 2 aromatic rings. The fourth-order valence-corrected chi connectivity index (χ4v) is 4.20. The van der Waals surface area contributed by atoms with Gasteiger partial charge in [-0.15, -0.1) is 11.3 Å². The van der Waals surface area contributed by atoms with E-state index in [2.05, 4.69) is 54.2 Å². The Balaban J connectivity index is 2.51. The number of thiophene rings is 1. The zero-order valence-electron chi connectivity index (χ0n) is 11.3. The van der Waals surface area contributed by atoms with Gasteiger partial charge in [0, 0.05) is 9.90 Å². The first-order valence-electron chi connectivity index (χ1n) is 6.28. The van der Waals surface area contributed by atoms with Crippen LogP contribution in [0.15, 0.2) is 28.1 Å². The normalized spacial score (nSPS) is 12.7. The lowest BCUT2D eigenvalue weighted by Gasteiger charge is -2.21. The molecule has 0 aliphatic carbocycles. The highest BCUT2D eigenvalue weighted by atomic mass is 79.9. The SMILES string of the molecule is CCNC(c1cc(Br)sc1C)c1cccc(Cl)c1C. The number of rotatable bonds is 4. The summed E-state index contributed by atoms with van der Waals surface area (Å²) in [5, 5.41) is 4.39. The van der Waals surface area contributed by atoms with E-state index in [1.165, 1.54) is 19.8 Å². The van der Waals surface area contributed by atoms with E-state index in [4.69, 9.17) is 11.6 Å². The van der Waals surface area contributed by atoms with E-state index in [1.807, 2.05) is 12.1 Å². The largest absolute Gasteiger partial charge is 0.306 e. The van der Waals surface area contributed by atoms with Crippen molar-refractivity contribution in [1.82, 2.24) is 5.32 Å². The van der Waals surface area contributed by atoms with Crippen LogP contribution < -0.4 is 5.32 Å². The topological polar surface area (TPSA) is 12.0 Å². The van der Waals surface area contributed by atoms with E-state index in [9.17, 15) is 0 Å². The van der Waals surface area contributed by atoms with Gasteiger partial charge in [-0.25, -0.2) is 0 Å². The molecule has 1 N–H and O–H groups in total. The van der Waals surface area contributed by atoms with Crippen molar-refractivity contribution in [3.63, 3.8) is 0 Å². The predicted octanol–water partition coefficient (Wildman–Crippen LogP) is 5.48. The molecule has 19 heavy (non-hydrogen) atoms. The lowest BCUT2D eigenvalue weighted by Crippen LogP contribution is -2.23. The van der Waals surface area contributed by atoms with Crippen molar-refractivity contribution in [2.24, 2.45) is 0 Å². The molecule has 0 aliphatic rings. The molecule has 0 saturated heterocycles. The molecule has 0 amide bonds. The second-order valence-electron chi connectivity index (χ2n) is 4.51.